The van der Waals surface area contributed by atoms with E-state index in [0.717, 1.165) is 18.9 Å². The van der Waals surface area contributed by atoms with E-state index < -0.39 is 5.97 Å². The first kappa shape index (κ1) is 16.3. The van der Waals surface area contributed by atoms with Crippen LogP contribution in [-0.4, -0.2) is 17.6 Å². The van der Waals surface area contributed by atoms with Gasteiger partial charge in [0.25, 0.3) is 0 Å². The number of hydrogen-bond donors (Lipinski definition) is 3. The van der Waals surface area contributed by atoms with Crippen LogP contribution in [0, 0.1) is 5.92 Å². The molecule has 4 nitrogen and oxygen atoms in total. The Balaban J connectivity index is 2.29. The molecule has 0 amide bonds. The predicted molar refractivity (Wildman–Crippen MR) is 84.2 cm³/mol. The maximum atomic E-state index is 11.0. The van der Waals surface area contributed by atoms with Gasteiger partial charge in [-0.2, -0.15) is 0 Å². The highest BCUT2D eigenvalue weighted by atomic mass is 16.4. The molecule has 20 heavy (non-hydrogen) atoms. The fraction of sp³-hybridized carbons (Fsp3) is 0.562. The van der Waals surface area contributed by atoms with Crippen LogP contribution in [0.5, 0.6) is 0 Å². The summed E-state index contributed by atoms with van der Waals surface area (Å²) in [5.74, 6) is -0.202. The minimum Gasteiger partial charge on any atom is -0.478 e. The van der Waals surface area contributed by atoms with E-state index >= 15 is 0 Å². The van der Waals surface area contributed by atoms with Crippen LogP contribution in [0.4, 0.5) is 11.4 Å². The predicted octanol–water partition coefficient (Wildman–Crippen LogP) is 3.99. The van der Waals surface area contributed by atoms with Gasteiger partial charge in [0.15, 0.2) is 0 Å². The number of nitrogen functional groups attached to an aromatic ring is 1. The van der Waals surface area contributed by atoms with E-state index in [4.69, 9.17) is 10.8 Å². The van der Waals surface area contributed by atoms with Crippen molar-refractivity contribution in [2.45, 2.75) is 46.0 Å². The molecule has 0 saturated heterocycles. The van der Waals surface area contributed by atoms with Gasteiger partial charge in [-0.25, -0.2) is 4.79 Å². The van der Waals surface area contributed by atoms with Crippen LogP contribution in [-0.2, 0) is 0 Å². The molecule has 0 atom stereocenters. The van der Waals surface area contributed by atoms with Gasteiger partial charge in [-0.1, -0.05) is 45.6 Å². The lowest BCUT2D eigenvalue weighted by molar-refractivity contribution is 0.0698. The molecule has 0 aliphatic rings. The molecule has 0 saturated carbocycles. The van der Waals surface area contributed by atoms with E-state index in [1.807, 2.05) is 6.07 Å². The summed E-state index contributed by atoms with van der Waals surface area (Å²) in [7, 11) is 0. The van der Waals surface area contributed by atoms with Gasteiger partial charge in [-0.15, -0.1) is 0 Å². The molecule has 0 aliphatic carbocycles. The molecular formula is C16H26N2O2. The Morgan fingerprint density at radius 2 is 1.95 bits per heavy atom. The molecule has 0 aliphatic heterocycles. The highest BCUT2D eigenvalue weighted by Crippen LogP contribution is 2.22. The largest absolute Gasteiger partial charge is 0.478 e. The lowest BCUT2D eigenvalue weighted by Gasteiger charge is -2.11. The van der Waals surface area contributed by atoms with Gasteiger partial charge in [0.2, 0.25) is 0 Å². The zero-order valence-electron chi connectivity index (χ0n) is 12.5. The quantitative estimate of drug-likeness (QED) is 0.471. The van der Waals surface area contributed by atoms with E-state index in [1.165, 1.54) is 31.7 Å². The number of benzene rings is 1. The molecule has 1 aromatic rings. The number of carboxylic acid groups (broad SMARTS) is 1. The van der Waals surface area contributed by atoms with Gasteiger partial charge < -0.3 is 16.2 Å². The van der Waals surface area contributed by atoms with Crippen LogP contribution in [0.15, 0.2) is 18.2 Å². The maximum absolute atomic E-state index is 11.0. The van der Waals surface area contributed by atoms with Gasteiger partial charge >= 0.3 is 5.97 Å². The van der Waals surface area contributed by atoms with Gasteiger partial charge in [0, 0.05) is 6.54 Å². The van der Waals surface area contributed by atoms with Crippen molar-refractivity contribution < 1.29 is 9.90 Å². The molecule has 1 aromatic carbocycles. The van der Waals surface area contributed by atoms with Crippen LogP contribution >= 0.6 is 0 Å². The Kier molecular flexibility index (Phi) is 6.91. The van der Waals surface area contributed by atoms with Crippen molar-refractivity contribution in [1.29, 1.82) is 0 Å². The minimum absolute atomic E-state index is 0.159. The average Bonchev–Trinajstić information content (AvgIpc) is 2.38. The van der Waals surface area contributed by atoms with Crippen LogP contribution in [0.1, 0.15) is 56.3 Å². The van der Waals surface area contributed by atoms with Crippen molar-refractivity contribution in [3.63, 3.8) is 0 Å². The van der Waals surface area contributed by atoms with Crippen LogP contribution in [0.3, 0.4) is 0 Å². The molecule has 112 valence electrons. The molecular weight excluding hydrogens is 252 g/mol. The number of anilines is 2. The second-order valence-electron chi connectivity index (χ2n) is 5.60. The second-order valence-corrected chi connectivity index (χ2v) is 5.60. The Bertz CT molecular complexity index is 430. The van der Waals surface area contributed by atoms with E-state index in [0.29, 0.717) is 11.4 Å². The summed E-state index contributed by atoms with van der Waals surface area (Å²) >= 11 is 0. The van der Waals surface area contributed by atoms with Crippen LogP contribution in [0.25, 0.3) is 0 Å². The number of nitrogens with two attached hydrogens (primary N) is 1. The number of carbonyl (C=O) groups is 1. The number of nitrogens with one attached hydrogen (secondary N) is 1. The number of para-hydroxylation sites is 1. The van der Waals surface area contributed by atoms with Gasteiger partial charge in [0.1, 0.15) is 0 Å². The van der Waals surface area contributed by atoms with E-state index in [1.54, 1.807) is 6.07 Å². The number of carboxylic acids is 1. The van der Waals surface area contributed by atoms with Gasteiger partial charge in [0.05, 0.1) is 16.9 Å². The molecule has 0 unspecified atom stereocenters. The fourth-order valence-corrected chi connectivity index (χ4v) is 2.16. The lowest BCUT2D eigenvalue weighted by Crippen LogP contribution is -2.08. The Morgan fingerprint density at radius 1 is 1.25 bits per heavy atom. The van der Waals surface area contributed by atoms with Crippen molar-refractivity contribution >= 4 is 17.3 Å². The van der Waals surface area contributed by atoms with E-state index in [2.05, 4.69) is 19.2 Å². The number of rotatable bonds is 9. The smallest absolute Gasteiger partial charge is 0.337 e. The highest BCUT2D eigenvalue weighted by molar-refractivity contribution is 5.97. The third-order valence-corrected chi connectivity index (χ3v) is 3.36. The molecule has 4 heteroatoms. The molecule has 0 fully saturated rings. The monoisotopic (exact) mass is 278 g/mol. The van der Waals surface area contributed by atoms with Gasteiger partial charge in [-0.3, -0.25) is 0 Å². The summed E-state index contributed by atoms with van der Waals surface area (Å²) < 4.78 is 0. The number of aromatic carboxylic acids is 1. The van der Waals surface area contributed by atoms with E-state index in [-0.39, 0.29) is 5.56 Å². The third kappa shape index (κ3) is 5.51. The molecule has 4 N–H and O–H groups in total. The Morgan fingerprint density at radius 3 is 2.60 bits per heavy atom. The maximum Gasteiger partial charge on any atom is 0.337 e. The SMILES string of the molecule is CC(C)CCCCCCNc1cccc(C(=O)O)c1N. The molecule has 0 bridgehead atoms. The molecule has 0 spiro atoms. The summed E-state index contributed by atoms with van der Waals surface area (Å²) in [6.45, 7) is 5.33. The van der Waals surface area contributed by atoms with Crippen molar-refractivity contribution in [3.8, 4) is 0 Å². The zero-order valence-corrected chi connectivity index (χ0v) is 12.5. The fourth-order valence-electron chi connectivity index (χ4n) is 2.16. The molecule has 0 heterocycles. The van der Waals surface area contributed by atoms with Gasteiger partial charge in [-0.05, 0) is 24.5 Å². The van der Waals surface area contributed by atoms with Crippen molar-refractivity contribution in [2.24, 2.45) is 5.92 Å². The highest BCUT2D eigenvalue weighted by Gasteiger charge is 2.10. The molecule has 0 aromatic heterocycles. The summed E-state index contributed by atoms with van der Waals surface area (Å²) in [5, 5.41) is 12.2. The summed E-state index contributed by atoms with van der Waals surface area (Å²) in [6.07, 6.45) is 6.10. The molecule has 0 radical (unpaired) electrons. The molecule has 1 rings (SSSR count). The van der Waals surface area contributed by atoms with Crippen LogP contribution in [0.2, 0.25) is 0 Å². The summed E-state index contributed by atoms with van der Waals surface area (Å²) in [6, 6.07) is 5.06. The van der Waals surface area contributed by atoms with Crippen molar-refractivity contribution in [1.82, 2.24) is 0 Å². The average molecular weight is 278 g/mol. The van der Waals surface area contributed by atoms with Crippen LogP contribution < -0.4 is 11.1 Å². The lowest BCUT2D eigenvalue weighted by atomic mass is 10.0. The third-order valence-electron chi connectivity index (χ3n) is 3.36. The second kappa shape index (κ2) is 8.46. The number of unbranched alkanes of at least 4 members (excludes halogenated alkanes) is 3. The first-order chi connectivity index (χ1) is 9.52. The Labute approximate surface area is 121 Å². The topological polar surface area (TPSA) is 75.3 Å². The van der Waals surface area contributed by atoms with E-state index in [9.17, 15) is 4.79 Å². The zero-order chi connectivity index (χ0) is 15.0. The summed E-state index contributed by atoms with van der Waals surface area (Å²) in [4.78, 5) is 11.0. The Hall–Kier alpha value is -1.71. The van der Waals surface area contributed by atoms with Crippen molar-refractivity contribution in [2.75, 3.05) is 17.6 Å². The summed E-state index contributed by atoms with van der Waals surface area (Å²) in [5.41, 5.74) is 7.03. The number of hydrogen-bond acceptors (Lipinski definition) is 3. The minimum atomic E-state index is -0.986. The standard InChI is InChI=1S/C16H26N2O2/c1-12(2)8-5-3-4-6-11-18-14-10-7-9-13(15(14)17)16(19)20/h7,9-10,12,18H,3-6,8,11,17H2,1-2H3,(H,19,20). The normalized spacial score (nSPS) is 10.8. The first-order valence-corrected chi connectivity index (χ1v) is 7.38. The first-order valence-electron chi connectivity index (χ1n) is 7.38. The van der Waals surface area contributed by atoms with Crippen molar-refractivity contribution in [3.05, 3.63) is 23.8 Å².